The fourth-order valence-corrected chi connectivity index (χ4v) is 3.81. The van der Waals surface area contributed by atoms with E-state index >= 15 is 0 Å². The maximum atomic E-state index is 12.5. The summed E-state index contributed by atoms with van der Waals surface area (Å²) in [5.41, 5.74) is 7.28. The highest BCUT2D eigenvalue weighted by Crippen LogP contribution is 2.16. The molecule has 1 aromatic rings. The lowest BCUT2D eigenvalue weighted by molar-refractivity contribution is 0.0729. The summed E-state index contributed by atoms with van der Waals surface area (Å²) >= 11 is 0. The molecule has 0 atom stereocenters. The van der Waals surface area contributed by atoms with Crippen LogP contribution in [0.4, 0.5) is 0 Å². The van der Waals surface area contributed by atoms with Crippen molar-refractivity contribution in [2.45, 2.75) is 12.3 Å². The Bertz CT molecular complexity index is 625. The van der Waals surface area contributed by atoms with E-state index in [1.54, 1.807) is 7.05 Å². The minimum absolute atomic E-state index is 0.0198. The van der Waals surface area contributed by atoms with Gasteiger partial charge in [-0.1, -0.05) is 24.3 Å². The number of rotatable bonds is 5. The fraction of sp³-hybridized carbons (Fsp3) is 0.500. The number of morpholine rings is 1. The van der Waals surface area contributed by atoms with Gasteiger partial charge in [-0.3, -0.25) is 4.99 Å². The first-order valence-corrected chi connectivity index (χ1v) is 8.72. The van der Waals surface area contributed by atoms with Gasteiger partial charge in [0.1, 0.15) is 0 Å². The molecule has 0 saturated carbocycles. The lowest BCUT2D eigenvalue weighted by atomic mass is 10.1. The second-order valence-corrected chi connectivity index (χ2v) is 6.97. The summed E-state index contributed by atoms with van der Waals surface area (Å²) in [6.45, 7) is 2.17. The van der Waals surface area contributed by atoms with Crippen LogP contribution >= 0.6 is 0 Å². The molecule has 8 heteroatoms. The molecule has 0 unspecified atom stereocenters. The number of guanidine groups is 1. The molecule has 1 aromatic carbocycles. The molecule has 1 fully saturated rings. The Balaban J connectivity index is 2.11. The van der Waals surface area contributed by atoms with Crippen LogP contribution in [0.1, 0.15) is 11.1 Å². The number of hydrogen-bond donors (Lipinski definition) is 2. The second kappa shape index (κ2) is 7.57. The number of sulfonamides is 1. The lowest BCUT2D eigenvalue weighted by Gasteiger charge is -2.26. The first kappa shape index (κ1) is 16.7. The summed E-state index contributed by atoms with van der Waals surface area (Å²) in [4.78, 5) is 3.82. The highest BCUT2D eigenvalue weighted by molar-refractivity contribution is 7.88. The number of nitrogens with two attached hydrogens (primary N) is 1. The molecule has 1 aliphatic rings. The summed E-state index contributed by atoms with van der Waals surface area (Å²) < 4.78 is 31.7. The predicted molar refractivity (Wildman–Crippen MR) is 85.8 cm³/mol. The molecule has 0 radical (unpaired) electrons. The van der Waals surface area contributed by atoms with Crippen LogP contribution < -0.4 is 11.1 Å². The molecular formula is C14H22N4O3S. The van der Waals surface area contributed by atoms with E-state index in [9.17, 15) is 8.42 Å². The molecule has 122 valence electrons. The van der Waals surface area contributed by atoms with Crippen molar-refractivity contribution in [1.82, 2.24) is 9.62 Å². The minimum atomic E-state index is -3.34. The summed E-state index contributed by atoms with van der Waals surface area (Å²) in [5, 5.41) is 2.95. The van der Waals surface area contributed by atoms with Crippen LogP contribution in [-0.2, 0) is 27.1 Å². The quantitative estimate of drug-likeness (QED) is 0.581. The van der Waals surface area contributed by atoms with Gasteiger partial charge in [-0.25, -0.2) is 8.42 Å². The van der Waals surface area contributed by atoms with Crippen molar-refractivity contribution >= 4 is 16.0 Å². The molecule has 7 nitrogen and oxygen atoms in total. The zero-order chi connectivity index (χ0) is 16.0. The first-order valence-electron chi connectivity index (χ1n) is 7.11. The topological polar surface area (TPSA) is 97.0 Å². The number of nitrogens with one attached hydrogen (secondary N) is 1. The summed E-state index contributed by atoms with van der Waals surface area (Å²) in [7, 11) is -1.74. The normalized spacial score (nSPS) is 17.4. The van der Waals surface area contributed by atoms with Crippen LogP contribution in [0, 0.1) is 0 Å². The van der Waals surface area contributed by atoms with Crippen molar-refractivity contribution in [3.8, 4) is 0 Å². The Morgan fingerprint density at radius 3 is 2.59 bits per heavy atom. The van der Waals surface area contributed by atoms with Crippen molar-refractivity contribution in [1.29, 1.82) is 0 Å². The molecule has 0 spiro atoms. The van der Waals surface area contributed by atoms with E-state index < -0.39 is 10.0 Å². The Kier molecular flexibility index (Phi) is 5.76. The Morgan fingerprint density at radius 2 is 1.95 bits per heavy atom. The fourth-order valence-electron chi connectivity index (χ4n) is 2.25. The van der Waals surface area contributed by atoms with E-state index in [0.29, 0.717) is 38.8 Å². The average molecular weight is 326 g/mol. The van der Waals surface area contributed by atoms with E-state index in [0.717, 1.165) is 11.1 Å². The maximum Gasteiger partial charge on any atom is 0.218 e. The third kappa shape index (κ3) is 4.43. The van der Waals surface area contributed by atoms with Crippen molar-refractivity contribution in [3.05, 3.63) is 35.4 Å². The predicted octanol–water partition coefficient (Wildman–Crippen LogP) is -0.117. The van der Waals surface area contributed by atoms with Crippen LogP contribution in [0.25, 0.3) is 0 Å². The van der Waals surface area contributed by atoms with E-state index in [-0.39, 0.29) is 5.75 Å². The molecule has 2 rings (SSSR count). The SMILES string of the molecule is CN=C(N)NCc1ccccc1CS(=O)(=O)N1CCOCC1. The van der Waals surface area contributed by atoms with Gasteiger partial charge >= 0.3 is 0 Å². The zero-order valence-electron chi connectivity index (χ0n) is 12.7. The van der Waals surface area contributed by atoms with Gasteiger partial charge in [-0.2, -0.15) is 4.31 Å². The van der Waals surface area contributed by atoms with Crippen molar-refractivity contribution in [3.63, 3.8) is 0 Å². The van der Waals surface area contributed by atoms with Crippen molar-refractivity contribution in [2.24, 2.45) is 10.7 Å². The van der Waals surface area contributed by atoms with Crippen LogP contribution in [0.2, 0.25) is 0 Å². The van der Waals surface area contributed by atoms with Crippen molar-refractivity contribution in [2.75, 3.05) is 33.4 Å². The van der Waals surface area contributed by atoms with Gasteiger partial charge in [-0.15, -0.1) is 0 Å². The number of aliphatic imine (C=N–C) groups is 1. The highest BCUT2D eigenvalue weighted by Gasteiger charge is 2.25. The number of hydrogen-bond acceptors (Lipinski definition) is 4. The molecular weight excluding hydrogens is 304 g/mol. The lowest BCUT2D eigenvalue weighted by Crippen LogP contribution is -2.41. The van der Waals surface area contributed by atoms with E-state index in [1.165, 1.54) is 4.31 Å². The molecule has 0 aromatic heterocycles. The highest BCUT2D eigenvalue weighted by atomic mass is 32.2. The molecule has 0 amide bonds. The summed E-state index contributed by atoms with van der Waals surface area (Å²) in [5.74, 6) is 0.305. The van der Waals surface area contributed by atoms with Gasteiger partial charge in [0, 0.05) is 26.7 Å². The first-order chi connectivity index (χ1) is 10.5. The third-order valence-corrected chi connectivity index (χ3v) is 5.35. The number of ether oxygens (including phenoxy) is 1. The summed E-state index contributed by atoms with van der Waals surface area (Å²) in [6, 6.07) is 7.43. The molecule has 1 aliphatic heterocycles. The standard InChI is InChI=1S/C14H22N4O3S/c1-16-14(15)17-10-12-4-2-3-5-13(12)11-22(19,20)18-6-8-21-9-7-18/h2-5H,6-11H2,1H3,(H3,15,16,17). The minimum Gasteiger partial charge on any atom is -0.379 e. The Labute approximate surface area is 131 Å². The summed E-state index contributed by atoms with van der Waals surface area (Å²) in [6.07, 6.45) is 0. The Hall–Kier alpha value is -1.64. The van der Waals surface area contributed by atoms with Gasteiger partial charge < -0.3 is 15.8 Å². The van der Waals surface area contributed by atoms with Crippen LogP contribution in [0.15, 0.2) is 29.3 Å². The van der Waals surface area contributed by atoms with Gasteiger partial charge in [-0.05, 0) is 11.1 Å². The Morgan fingerprint density at radius 1 is 1.32 bits per heavy atom. The molecule has 0 bridgehead atoms. The average Bonchev–Trinajstić information content (AvgIpc) is 2.54. The monoisotopic (exact) mass is 326 g/mol. The number of benzene rings is 1. The largest absolute Gasteiger partial charge is 0.379 e. The molecule has 3 N–H and O–H groups in total. The van der Waals surface area contributed by atoms with Gasteiger partial charge in [0.15, 0.2) is 5.96 Å². The van der Waals surface area contributed by atoms with E-state index in [1.807, 2.05) is 24.3 Å². The molecule has 1 heterocycles. The van der Waals surface area contributed by atoms with Crippen molar-refractivity contribution < 1.29 is 13.2 Å². The molecule has 1 saturated heterocycles. The van der Waals surface area contributed by atoms with Crippen LogP contribution in [0.5, 0.6) is 0 Å². The maximum absolute atomic E-state index is 12.5. The third-order valence-electron chi connectivity index (χ3n) is 3.52. The molecule has 0 aliphatic carbocycles. The zero-order valence-corrected chi connectivity index (χ0v) is 13.5. The van der Waals surface area contributed by atoms with Crippen LogP contribution in [-0.4, -0.2) is 52.0 Å². The number of nitrogens with zero attached hydrogens (tertiary/aromatic N) is 2. The van der Waals surface area contributed by atoms with Crippen LogP contribution in [0.3, 0.4) is 0 Å². The van der Waals surface area contributed by atoms with Gasteiger partial charge in [0.2, 0.25) is 10.0 Å². The van der Waals surface area contributed by atoms with E-state index in [4.69, 9.17) is 10.5 Å². The van der Waals surface area contributed by atoms with Gasteiger partial charge in [0.05, 0.1) is 19.0 Å². The van der Waals surface area contributed by atoms with Gasteiger partial charge in [0.25, 0.3) is 0 Å². The smallest absolute Gasteiger partial charge is 0.218 e. The molecule has 22 heavy (non-hydrogen) atoms. The van der Waals surface area contributed by atoms with E-state index in [2.05, 4.69) is 10.3 Å². The second-order valence-electron chi connectivity index (χ2n) is 5.00.